The molecule has 0 N–H and O–H groups in total. The van der Waals surface area contributed by atoms with E-state index in [9.17, 15) is 0 Å². The second kappa shape index (κ2) is 32.6. The van der Waals surface area contributed by atoms with Gasteiger partial charge in [0.25, 0.3) is 0 Å². The van der Waals surface area contributed by atoms with Gasteiger partial charge in [-0.05, 0) is 11.8 Å². The first-order chi connectivity index (χ1) is 10.7. The topological polar surface area (TPSA) is 0 Å². The second-order valence-corrected chi connectivity index (χ2v) is 5.57. The monoisotopic (exact) mass is 314 g/mol. The van der Waals surface area contributed by atoms with Gasteiger partial charge in [0.2, 0.25) is 0 Å². The van der Waals surface area contributed by atoms with Gasteiger partial charge in [-0.2, -0.15) is 0 Å². The molecule has 1 atom stereocenters. The summed E-state index contributed by atoms with van der Waals surface area (Å²) < 4.78 is 0. The molecule has 1 aliphatic carbocycles. The zero-order valence-corrected chi connectivity index (χ0v) is 17.6. The van der Waals surface area contributed by atoms with Crippen LogP contribution in [0.15, 0.2) is 13.2 Å². The second-order valence-electron chi connectivity index (χ2n) is 5.57. The number of hydrogen-bond donors (Lipinski definition) is 0. The highest BCUT2D eigenvalue weighted by atomic mass is 14.2. The van der Waals surface area contributed by atoms with Gasteiger partial charge < -0.3 is 0 Å². The van der Waals surface area contributed by atoms with Crippen LogP contribution < -0.4 is 0 Å². The van der Waals surface area contributed by atoms with Crippen LogP contribution in [0.1, 0.15) is 120 Å². The van der Waals surface area contributed by atoms with E-state index in [1.165, 1.54) is 64.2 Å². The molecule has 0 heteroatoms. The van der Waals surface area contributed by atoms with E-state index in [4.69, 9.17) is 0 Å². The van der Waals surface area contributed by atoms with E-state index in [1.54, 1.807) is 0 Å². The van der Waals surface area contributed by atoms with Crippen molar-refractivity contribution in [1.29, 1.82) is 0 Å². The standard InChI is InChI=1S/C8H16.C8H18.2C2H6.C2H4/c1-2-8-6-4-3-5-7-8;1-4-6-7-8(3)5-2;3*1-2/h8H,2-7H2,1H3;8H,4-7H2,1-3H3;2*1-2H3;1-2H2. The van der Waals surface area contributed by atoms with E-state index < -0.39 is 0 Å². The van der Waals surface area contributed by atoms with Crippen LogP contribution in [0.5, 0.6) is 0 Å². The molecule has 0 aromatic carbocycles. The first-order valence-corrected chi connectivity index (χ1v) is 10.2. The number of hydrogen-bond acceptors (Lipinski definition) is 0. The van der Waals surface area contributed by atoms with Crippen molar-refractivity contribution in [2.24, 2.45) is 11.8 Å². The van der Waals surface area contributed by atoms with Gasteiger partial charge in [0.15, 0.2) is 0 Å². The summed E-state index contributed by atoms with van der Waals surface area (Å²) in [5.41, 5.74) is 0. The van der Waals surface area contributed by atoms with Gasteiger partial charge in [-0.3, -0.25) is 0 Å². The van der Waals surface area contributed by atoms with Crippen molar-refractivity contribution in [3.05, 3.63) is 13.2 Å². The maximum Gasteiger partial charge on any atom is -0.0417 e. The van der Waals surface area contributed by atoms with Gasteiger partial charge in [-0.1, -0.05) is 120 Å². The Bertz CT molecular complexity index is 133. The van der Waals surface area contributed by atoms with E-state index in [2.05, 4.69) is 40.9 Å². The maximum absolute atomic E-state index is 3.00. The molecule has 0 spiro atoms. The minimum Gasteiger partial charge on any atom is -0.106 e. The van der Waals surface area contributed by atoms with Crippen LogP contribution in [-0.2, 0) is 0 Å². The Hall–Kier alpha value is -0.260. The van der Waals surface area contributed by atoms with Crippen LogP contribution in [0.25, 0.3) is 0 Å². The van der Waals surface area contributed by atoms with E-state index in [0.717, 1.165) is 11.8 Å². The fourth-order valence-electron chi connectivity index (χ4n) is 2.35. The largest absolute Gasteiger partial charge is 0.106 e. The Balaban J connectivity index is -0.000000110. The molecule has 0 nitrogen and oxygen atoms in total. The van der Waals surface area contributed by atoms with Crippen LogP contribution in [0.4, 0.5) is 0 Å². The Kier molecular flexibility index (Phi) is 44.1. The van der Waals surface area contributed by atoms with Crippen molar-refractivity contribution in [3.8, 4) is 0 Å². The van der Waals surface area contributed by atoms with Gasteiger partial charge in [0.05, 0.1) is 0 Å². The molecule has 1 unspecified atom stereocenters. The van der Waals surface area contributed by atoms with Crippen molar-refractivity contribution in [2.45, 2.75) is 120 Å². The van der Waals surface area contributed by atoms with E-state index in [0.29, 0.717) is 0 Å². The molecule has 0 amide bonds. The Morgan fingerprint density at radius 3 is 1.59 bits per heavy atom. The summed E-state index contributed by atoms with van der Waals surface area (Å²) in [6.45, 7) is 23.2. The normalized spacial score (nSPS) is 14.4. The predicted molar refractivity (Wildman–Crippen MR) is 110 cm³/mol. The van der Waals surface area contributed by atoms with Crippen molar-refractivity contribution >= 4 is 0 Å². The molecule has 0 aliphatic heterocycles. The molecule has 1 saturated carbocycles. The molecule has 0 aromatic heterocycles. The molecule has 0 radical (unpaired) electrons. The third-order valence-electron chi connectivity index (χ3n) is 4.05. The molecule has 0 heterocycles. The summed E-state index contributed by atoms with van der Waals surface area (Å²) in [5.74, 6) is 2.04. The van der Waals surface area contributed by atoms with E-state index in [1.807, 2.05) is 27.7 Å². The average molecular weight is 315 g/mol. The molecule has 1 rings (SSSR count). The quantitative estimate of drug-likeness (QED) is 0.444. The Labute approximate surface area is 145 Å². The average Bonchev–Trinajstić information content (AvgIpc) is 2.65. The summed E-state index contributed by atoms with van der Waals surface area (Å²) in [4.78, 5) is 0. The lowest BCUT2D eigenvalue weighted by atomic mass is 9.88. The highest BCUT2D eigenvalue weighted by molar-refractivity contribution is 4.63. The lowest BCUT2D eigenvalue weighted by Crippen LogP contribution is -2.03. The summed E-state index contributed by atoms with van der Waals surface area (Å²) in [6.07, 6.45) is 14.5. The molecule has 22 heavy (non-hydrogen) atoms. The molecule has 0 bridgehead atoms. The minimum atomic E-state index is 0.954. The maximum atomic E-state index is 3.00. The van der Waals surface area contributed by atoms with Gasteiger partial charge in [-0.25, -0.2) is 0 Å². The SMILES string of the molecule is C=C.CC.CC.CCC1CCCCC1.CCCCC(C)CC. The fourth-order valence-corrected chi connectivity index (χ4v) is 2.35. The number of rotatable bonds is 5. The van der Waals surface area contributed by atoms with Crippen molar-refractivity contribution in [3.63, 3.8) is 0 Å². The van der Waals surface area contributed by atoms with Gasteiger partial charge in [-0.15, -0.1) is 13.2 Å². The first kappa shape index (κ1) is 29.7. The van der Waals surface area contributed by atoms with E-state index >= 15 is 0 Å². The molecular weight excluding hydrogens is 264 g/mol. The summed E-state index contributed by atoms with van der Waals surface area (Å²) in [7, 11) is 0. The molecule has 1 aliphatic rings. The third kappa shape index (κ3) is 28.0. The molecule has 138 valence electrons. The van der Waals surface area contributed by atoms with Crippen LogP contribution in [0, 0.1) is 11.8 Å². The molecule has 0 aromatic rings. The third-order valence-corrected chi connectivity index (χ3v) is 4.05. The zero-order chi connectivity index (χ0) is 18.2. The zero-order valence-electron chi connectivity index (χ0n) is 17.6. The lowest BCUT2D eigenvalue weighted by molar-refractivity contribution is 0.349. The summed E-state index contributed by atoms with van der Waals surface area (Å²) in [6, 6.07) is 0. The summed E-state index contributed by atoms with van der Waals surface area (Å²) >= 11 is 0. The van der Waals surface area contributed by atoms with Crippen LogP contribution >= 0.6 is 0 Å². The van der Waals surface area contributed by atoms with Crippen molar-refractivity contribution < 1.29 is 0 Å². The highest BCUT2D eigenvalue weighted by Gasteiger charge is 2.09. The Morgan fingerprint density at radius 2 is 1.32 bits per heavy atom. The van der Waals surface area contributed by atoms with Crippen molar-refractivity contribution in [2.75, 3.05) is 0 Å². The lowest BCUT2D eigenvalue weighted by Gasteiger charge is -2.18. The molecule has 1 fully saturated rings. The molecule has 0 saturated heterocycles. The van der Waals surface area contributed by atoms with Crippen LogP contribution in [0.2, 0.25) is 0 Å². The first-order valence-electron chi connectivity index (χ1n) is 10.2. The minimum absolute atomic E-state index is 0.954. The highest BCUT2D eigenvalue weighted by Crippen LogP contribution is 2.25. The predicted octanol–water partition coefficient (Wildman–Crippen LogP) is 9.05. The van der Waals surface area contributed by atoms with Crippen molar-refractivity contribution in [1.82, 2.24) is 0 Å². The van der Waals surface area contributed by atoms with Crippen LogP contribution in [0.3, 0.4) is 0 Å². The van der Waals surface area contributed by atoms with Crippen LogP contribution in [-0.4, -0.2) is 0 Å². The Morgan fingerprint density at radius 1 is 0.864 bits per heavy atom. The van der Waals surface area contributed by atoms with Gasteiger partial charge in [0, 0.05) is 0 Å². The summed E-state index contributed by atoms with van der Waals surface area (Å²) in [5, 5.41) is 0. The molecular formula is C22H50. The smallest absolute Gasteiger partial charge is 0.0417 e. The van der Waals surface area contributed by atoms with E-state index in [-0.39, 0.29) is 0 Å². The number of unbranched alkanes of at least 4 members (excludes halogenated alkanes) is 1. The van der Waals surface area contributed by atoms with Gasteiger partial charge in [0.1, 0.15) is 0 Å². The van der Waals surface area contributed by atoms with Gasteiger partial charge >= 0.3 is 0 Å². The fraction of sp³-hybridized carbons (Fsp3) is 0.909.